The topological polar surface area (TPSA) is 48.4 Å². The van der Waals surface area contributed by atoms with Gasteiger partial charge in [0, 0.05) is 38.5 Å². The van der Waals surface area contributed by atoms with Crippen LogP contribution >= 0.6 is 0 Å². The molecule has 1 saturated heterocycles. The maximum Gasteiger partial charge on any atom is 0.0553 e. The Balaban J connectivity index is 1.53. The zero-order valence-electron chi connectivity index (χ0n) is 13.5. The molecule has 0 radical (unpaired) electrons. The molecule has 0 aliphatic carbocycles. The lowest BCUT2D eigenvalue weighted by molar-refractivity contribution is 0.299. The Morgan fingerprint density at radius 3 is 2.22 bits per heavy atom. The molecule has 0 amide bonds. The van der Waals surface area contributed by atoms with Crippen molar-refractivity contribution >= 4 is 5.69 Å². The zero-order valence-corrected chi connectivity index (χ0v) is 13.5. The highest BCUT2D eigenvalue weighted by Crippen LogP contribution is 2.15. The van der Waals surface area contributed by atoms with Gasteiger partial charge in [-0.15, -0.1) is 0 Å². The van der Waals surface area contributed by atoms with Crippen LogP contribution in [0.5, 0.6) is 0 Å². The molecule has 2 aromatic rings. The third-order valence-corrected chi connectivity index (χ3v) is 4.38. The molecule has 4 nitrogen and oxygen atoms in total. The molecule has 0 spiro atoms. The third-order valence-electron chi connectivity index (χ3n) is 4.38. The van der Waals surface area contributed by atoms with E-state index in [0.717, 1.165) is 51.1 Å². The highest BCUT2D eigenvalue weighted by Gasteiger charge is 2.10. The second-order valence-electron chi connectivity index (χ2n) is 6.03. The van der Waals surface area contributed by atoms with Gasteiger partial charge in [-0.3, -0.25) is 4.98 Å². The summed E-state index contributed by atoms with van der Waals surface area (Å²) in [6.45, 7) is 4.42. The summed E-state index contributed by atoms with van der Waals surface area (Å²) in [6.07, 6.45) is 4.70. The number of hydrogen-bond acceptors (Lipinski definition) is 4. The summed E-state index contributed by atoms with van der Waals surface area (Å²) in [6, 6.07) is 12.9. The predicted molar refractivity (Wildman–Crippen MR) is 94.0 cm³/mol. The zero-order chi connectivity index (χ0) is 15.9. The molecule has 1 aliphatic rings. The van der Waals surface area contributed by atoms with Crippen LogP contribution in [0, 0.1) is 0 Å². The Kier molecular flexibility index (Phi) is 5.61. The van der Waals surface area contributed by atoms with Crippen molar-refractivity contribution in [3.63, 3.8) is 0 Å². The Hall–Kier alpha value is -1.91. The molecule has 0 unspecified atom stereocenters. The van der Waals surface area contributed by atoms with Crippen molar-refractivity contribution in [2.45, 2.75) is 19.3 Å². The van der Waals surface area contributed by atoms with Gasteiger partial charge in [-0.1, -0.05) is 24.3 Å². The highest BCUT2D eigenvalue weighted by atomic mass is 16.2. The number of pyridine rings is 1. The number of piperazine rings is 1. The van der Waals surface area contributed by atoms with Crippen molar-refractivity contribution < 1.29 is 5.11 Å². The number of aliphatic hydroxyl groups is 1. The Bertz CT molecular complexity index is 589. The molecule has 4 heteroatoms. The molecule has 23 heavy (non-hydrogen) atoms. The summed E-state index contributed by atoms with van der Waals surface area (Å²) < 4.78 is 0. The van der Waals surface area contributed by atoms with Crippen molar-refractivity contribution in [3.8, 4) is 0 Å². The van der Waals surface area contributed by atoms with Crippen molar-refractivity contribution in [2.75, 3.05) is 37.7 Å². The molecule has 1 aromatic heterocycles. The van der Waals surface area contributed by atoms with E-state index in [1.807, 2.05) is 6.20 Å². The van der Waals surface area contributed by atoms with E-state index in [1.165, 1.54) is 16.8 Å². The predicted octanol–water partition coefficient (Wildman–Crippen LogP) is 1.81. The minimum atomic E-state index is 0.211. The number of nitrogens with one attached hydrogen (secondary N) is 1. The summed E-state index contributed by atoms with van der Waals surface area (Å²) in [4.78, 5) is 7.00. The summed E-state index contributed by atoms with van der Waals surface area (Å²) in [5.41, 5.74) is 4.88. The maximum atomic E-state index is 8.94. The monoisotopic (exact) mass is 311 g/mol. The van der Waals surface area contributed by atoms with Gasteiger partial charge in [0.25, 0.3) is 0 Å². The average Bonchev–Trinajstić information content (AvgIpc) is 2.63. The number of rotatable bonds is 6. The summed E-state index contributed by atoms with van der Waals surface area (Å²) in [5, 5.41) is 12.3. The SMILES string of the molecule is OCCc1ccc(CCc2ccc(N3CCNCC3)cn2)cc1. The van der Waals surface area contributed by atoms with E-state index in [0.29, 0.717) is 0 Å². The van der Waals surface area contributed by atoms with Gasteiger partial charge in [0.15, 0.2) is 0 Å². The Morgan fingerprint density at radius 2 is 1.61 bits per heavy atom. The van der Waals surface area contributed by atoms with Gasteiger partial charge in [0.05, 0.1) is 11.9 Å². The lowest BCUT2D eigenvalue weighted by Crippen LogP contribution is -2.43. The van der Waals surface area contributed by atoms with Crippen molar-refractivity contribution in [1.82, 2.24) is 10.3 Å². The molecular formula is C19H25N3O. The average molecular weight is 311 g/mol. The molecule has 2 N–H and O–H groups in total. The van der Waals surface area contributed by atoms with Gasteiger partial charge in [-0.05, 0) is 42.5 Å². The Labute approximate surface area is 138 Å². The first kappa shape index (κ1) is 16.0. The second kappa shape index (κ2) is 8.09. The van der Waals surface area contributed by atoms with Gasteiger partial charge in [0.1, 0.15) is 0 Å². The quantitative estimate of drug-likeness (QED) is 0.854. The van der Waals surface area contributed by atoms with Crippen LogP contribution in [0.3, 0.4) is 0 Å². The van der Waals surface area contributed by atoms with Crippen LogP contribution in [0.15, 0.2) is 42.6 Å². The van der Waals surface area contributed by atoms with Gasteiger partial charge < -0.3 is 15.3 Å². The lowest BCUT2D eigenvalue weighted by Gasteiger charge is -2.29. The number of hydrogen-bond donors (Lipinski definition) is 2. The first-order valence-corrected chi connectivity index (χ1v) is 8.44. The van der Waals surface area contributed by atoms with Gasteiger partial charge in [-0.2, -0.15) is 0 Å². The van der Waals surface area contributed by atoms with Crippen molar-refractivity contribution in [3.05, 3.63) is 59.4 Å². The standard InChI is InChI=1S/C19H25N3O/c23-14-9-17-3-1-16(2-4-17)5-6-18-7-8-19(15-21-18)22-12-10-20-11-13-22/h1-4,7-8,15,20,23H,5-6,9-14H2. The number of aryl methyl sites for hydroxylation is 2. The third kappa shape index (κ3) is 4.53. The molecule has 0 saturated carbocycles. The van der Waals surface area contributed by atoms with Gasteiger partial charge in [0.2, 0.25) is 0 Å². The molecule has 3 rings (SSSR count). The summed E-state index contributed by atoms with van der Waals surface area (Å²) >= 11 is 0. The Morgan fingerprint density at radius 1 is 0.913 bits per heavy atom. The van der Waals surface area contributed by atoms with Gasteiger partial charge >= 0.3 is 0 Å². The highest BCUT2D eigenvalue weighted by molar-refractivity contribution is 5.45. The molecule has 1 aromatic carbocycles. The normalized spacial score (nSPS) is 14.9. The van der Waals surface area contributed by atoms with E-state index in [1.54, 1.807) is 0 Å². The lowest BCUT2D eigenvalue weighted by atomic mass is 10.0. The fraction of sp³-hybridized carbons (Fsp3) is 0.421. The first-order valence-electron chi connectivity index (χ1n) is 8.44. The minimum absolute atomic E-state index is 0.211. The largest absolute Gasteiger partial charge is 0.396 e. The molecule has 2 heterocycles. The number of nitrogens with zero attached hydrogens (tertiary/aromatic N) is 2. The van der Waals surface area contributed by atoms with Crippen LogP contribution in [0.2, 0.25) is 0 Å². The maximum absolute atomic E-state index is 8.94. The molecular weight excluding hydrogens is 286 g/mol. The molecule has 1 aliphatic heterocycles. The van der Waals surface area contributed by atoms with Gasteiger partial charge in [-0.25, -0.2) is 0 Å². The fourth-order valence-corrected chi connectivity index (χ4v) is 2.95. The van der Waals surface area contributed by atoms with E-state index in [-0.39, 0.29) is 6.61 Å². The van der Waals surface area contributed by atoms with Crippen LogP contribution in [-0.4, -0.2) is 42.9 Å². The van der Waals surface area contributed by atoms with E-state index in [9.17, 15) is 0 Å². The van der Waals surface area contributed by atoms with Crippen LogP contribution in [0.1, 0.15) is 16.8 Å². The fourth-order valence-electron chi connectivity index (χ4n) is 2.95. The van der Waals surface area contributed by atoms with E-state index in [4.69, 9.17) is 5.11 Å². The van der Waals surface area contributed by atoms with Crippen LogP contribution < -0.4 is 10.2 Å². The van der Waals surface area contributed by atoms with Crippen LogP contribution in [0.25, 0.3) is 0 Å². The van der Waals surface area contributed by atoms with Crippen LogP contribution in [0.4, 0.5) is 5.69 Å². The first-order chi connectivity index (χ1) is 11.3. The number of benzene rings is 1. The minimum Gasteiger partial charge on any atom is -0.396 e. The van der Waals surface area contributed by atoms with Crippen molar-refractivity contribution in [2.24, 2.45) is 0 Å². The van der Waals surface area contributed by atoms with Crippen LogP contribution in [-0.2, 0) is 19.3 Å². The number of aromatic nitrogens is 1. The molecule has 122 valence electrons. The number of aliphatic hydroxyl groups excluding tert-OH is 1. The van der Waals surface area contributed by atoms with E-state index >= 15 is 0 Å². The number of anilines is 1. The molecule has 0 bridgehead atoms. The summed E-state index contributed by atoms with van der Waals surface area (Å²) in [5.74, 6) is 0. The second-order valence-corrected chi connectivity index (χ2v) is 6.03. The molecule has 1 fully saturated rings. The van der Waals surface area contributed by atoms with E-state index < -0.39 is 0 Å². The van der Waals surface area contributed by atoms with E-state index in [2.05, 4.69) is 51.6 Å². The van der Waals surface area contributed by atoms with Crippen molar-refractivity contribution in [1.29, 1.82) is 0 Å². The summed E-state index contributed by atoms with van der Waals surface area (Å²) in [7, 11) is 0. The molecule has 0 atom stereocenters. The smallest absolute Gasteiger partial charge is 0.0553 e.